The van der Waals surface area contributed by atoms with Crippen LogP contribution in [0.3, 0.4) is 0 Å². The van der Waals surface area contributed by atoms with Gasteiger partial charge in [-0.05, 0) is 158 Å². The average Bonchev–Trinajstić information content (AvgIpc) is 3.51. The van der Waals surface area contributed by atoms with Crippen molar-refractivity contribution in [3.05, 3.63) is 0 Å². The largest absolute Gasteiger partial charge is 0.248 e. The standard InChI is InChI=1S/C10H18.C9H18.C8H14.C7H12F2.C7H14.C6H12/c1-7(2)10-6-8-3-4-9(10)5-8;1-7(2)8-5-9(3,4)6-8;1-6(2)8-3-7(4-8)5-8;1-5(2)6-3-7(8,9)4-6;1-6(2)7-4-3-5-7;1-5(2)6-3-4-6/h7-10H,3-6H2,1-2H3;7-8H,5-6H2,1-4H3;6-7H,3-5H2,1-2H3;5-6H,3-4H2,1-2H3;6-7H,3-5H2,1-2H3;5-6H,3-4H2,1-2H3. The minimum atomic E-state index is -2.32. The first kappa shape index (κ1) is 43.3. The molecule has 9 aliphatic carbocycles. The molecule has 0 aromatic rings. The van der Waals surface area contributed by atoms with E-state index in [9.17, 15) is 8.78 Å². The Labute approximate surface area is 307 Å². The molecule has 0 spiro atoms. The fraction of sp³-hybridized carbons (Fsp3) is 1.00. The Morgan fingerprint density at radius 2 is 0.898 bits per heavy atom. The van der Waals surface area contributed by atoms with Crippen molar-refractivity contribution in [2.45, 2.75) is 206 Å². The van der Waals surface area contributed by atoms with Crippen LogP contribution < -0.4 is 0 Å². The number of hydrogen-bond donors (Lipinski definition) is 0. The van der Waals surface area contributed by atoms with Crippen LogP contribution in [0.4, 0.5) is 8.78 Å². The summed E-state index contributed by atoms with van der Waals surface area (Å²) in [5.41, 5.74) is 1.54. The van der Waals surface area contributed by atoms with Gasteiger partial charge in [0.2, 0.25) is 5.92 Å². The van der Waals surface area contributed by atoms with E-state index in [1.165, 1.54) is 44.9 Å². The summed E-state index contributed by atoms with van der Waals surface area (Å²) in [6.45, 7) is 32.2. The summed E-state index contributed by atoms with van der Waals surface area (Å²) in [6.07, 6.45) is 21.5. The van der Waals surface area contributed by atoms with E-state index in [1.54, 1.807) is 44.9 Å². The molecule has 0 N–H and O–H groups in total. The molecule has 9 fully saturated rings. The summed E-state index contributed by atoms with van der Waals surface area (Å²) in [4.78, 5) is 0. The number of rotatable bonds is 6. The van der Waals surface area contributed by atoms with E-state index in [4.69, 9.17) is 0 Å². The third-order valence-electron chi connectivity index (χ3n) is 15.3. The summed E-state index contributed by atoms with van der Waals surface area (Å²) < 4.78 is 24.3. The Bertz CT molecular complexity index is 871. The number of alkyl halides is 2. The fourth-order valence-corrected chi connectivity index (χ4v) is 10.2. The summed E-state index contributed by atoms with van der Waals surface area (Å²) in [5, 5.41) is 0. The van der Waals surface area contributed by atoms with Crippen LogP contribution in [-0.2, 0) is 0 Å². The van der Waals surface area contributed by atoms with Crippen LogP contribution in [0.25, 0.3) is 0 Å². The summed E-state index contributed by atoms with van der Waals surface area (Å²) in [6, 6.07) is 0. The van der Waals surface area contributed by atoms with Crippen molar-refractivity contribution in [2.24, 2.45) is 93.7 Å². The third-order valence-corrected chi connectivity index (χ3v) is 15.3. The van der Waals surface area contributed by atoms with Gasteiger partial charge < -0.3 is 0 Å². The van der Waals surface area contributed by atoms with Crippen LogP contribution >= 0.6 is 0 Å². The second-order valence-corrected chi connectivity index (χ2v) is 21.9. The first-order valence-corrected chi connectivity index (χ1v) is 22.0. The number of fused-ring (bicyclic) bond motifs is 2. The molecule has 0 nitrogen and oxygen atoms in total. The van der Waals surface area contributed by atoms with Gasteiger partial charge in [-0.1, -0.05) is 123 Å². The quantitative estimate of drug-likeness (QED) is 0.260. The molecular formula is C47H88F2. The Balaban J connectivity index is 0.000000160. The lowest BCUT2D eigenvalue weighted by molar-refractivity contribution is -0.141. The fourth-order valence-electron chi connectivity index (χ4n) is 10.2. The zero-order valence-electron chi connectivity index (χ0n) is 35.7. The Morgan fingerprint density at radius 3 is 1.00 bits per heavy atom. The Hall–Kier alpha value is -0.140. The van der Waals surface area contributed by atoms with Crippen LogP contribution in [0, 0.1) is 93.7 Å². The van der Waals surface area contributed by atoms with Gasteiger partial charge in [-0.2, -0.15) is 0 Å². The monoisotopic (exact) mass is 691 g/mol. The lowest BCUT2D eigenvalue weighted by Gasteiger charge is -2.64. The van der Waals surface area contributed by atoms with Crippen LogP contribution in [0.2, 0.25) is 0 Å². The molecule has 3 atom stereocenters. The first-order valence-electron chi connectivity index (χ1n) is 22.0. The van der Waals surface area contributed by atoms with Crippen molar-refractivity contribution in [1.82, 2.24) is 0 Å². The maximum absolute atomic E-state index is 12.1. The zero-order valence-corrected chi connectivity index (χ0v) is 35.7. The van der Waals surface area contributed by atoms with E-state index >= 15 is 0 Å². The average molecular weight is 691 g/mol. The van der Waals surface area contributed by atoms with Crippen LogP contribution in [0.1, 0.15) is 200 Å². The van der Waals surface area contributed by atoms with Gasteiger partial charge in [0.25, 0.3) is 0 Å². The first-order chi connectivity index (χ1) is 22.6. The van der Waals surface area contributed by atoms with Crippen molar-refractivity contribution in [3.63, 3.8) is 0 Å². The van der Waals surface area contributed by atoms with Gasteiger partial charge in [0.05, 0.1) is 0 Å². The smallest absolute Gasteiger partial charge is 0.207 e. The predicted molar refractivity (Wildman–Crippen MR) is 212 cm³/mol. The molecule has 49 heavy (non-hydrogen) atoms. The maximum Gasteiger partial charge on any atom is 0.248 e. The highest BCUT2D eigenvalue weighted by Crippen LogP contribution is 2.67. The number of halogens is 2. The molecule has 0 aromatic heterocycles. The molecule has 3 unspecified atom stereocenters. The molecule has 0 aromatic carbocycles. The highest BCUT2D eigenvalue weighted by atomic mass is 19.3. The maximum atomic E-state index is 12.1. The van der Waals surface area contributed by atoms with Gasteiger partial charge in [-0.25, -0.2) is 8.78 Å². The highest BCUT2D eigenvalue weighted by Gasteiger charge is 2.57. The molecule has 0 amide bonds. The SMILES string of the molecule is CC(C)C12CC(C1)C2.CC(C)C1CC(C)(C)C1.CC(C)C1CC(F)(F)C1.CC(C)C1CC1.CC(C)C1CC2CCC1C2.CC(C)C1CCC1. The van der Waals surface area contributed by atoms with Gasteiger partial charge >= 0.3 is 0 Å². The molecule has 0 saturated heterocycles. The predicted octanol–water partition coefficient (Wildman–Crippen LogP) is 15.8. The van der Waals surface area contributed by atoms with E-state index in [-0.39, 0.29) is 18.8 Å². The van der Waals surface area contributed by atoms with Gasteiger partial charge in [0.15, 0.2) is 0 Å². The van der Waals surface area contributed by atoms with Crippen molar-refractivity contribution >= 4 is 0 Å². The molecule has 0 aliphatic heterocycles. The highest BCUT2D eigenvalue weighted by molar-refractivity contribution is 5.07. The summed E-state index contributed by atoms with van der Waals surface area (Å²) in [7, 11) is 0. The van der Waals surface area contributed by atoms with Crippen LogP contribution in [0.15, 0.2) is 0 Å². The zero-order chi connectivity index (χ0) is 36.9. The molecule has 4 bridgehead atoms. The lowest BCUT2D eigenvalue weighted by Crippen LogP contribution is -2.54. The molecule has 9 rings (SSSR count). The van der Waals surface area contributed by atoms with Crippen LogP contribution in [-0.4, -0.2) is 5.92 Å². The Kier molecular flexibility index (Phi) is 16.1. The topological polar surface area (TPSA) is 0 Å². The Morgan fingerprint density at radius 1 is 0.449 bits per heavy atom. The molecular weight excluding hydrogens is 603 g/mol. The molecule has 290 valence electrons. The van der Waals surface area contributed by atoms with Gasteiger partial charge in [-0.15, -0.1) is 0 Å². The molecule has 2 heteroatoms. The third kappa shape index (κ3) is 13.3. The minimum absolute atomic E-state index is 0.116. The summed E-state index contributed by atoms with van der Waals surface area (Å²) in [5.74, 6) is 10.9. The normalized spacial score (nSPS) is 33.2. The van der Waals surface area contributed by atoms with Crippen LogP contribution in [0.5, 0.6) is 0 Å². The van der Waals surface area contributed by atoms with Crippen molar-refractivity contribution in [1.29, 1.82) is 0 Å². The van der Waals surface area contributed by atoms with Crippen molar-refractivity contribution in [2.75, 3.05) is 0 Å². The van der Waals surface area contributed by atoms with Crippen molar-refractivity contribution in [3.8, 4) is 0 Å². The van der Waals surface area contributed by atoms with Gasteiger partial charge in [-0.3, -0.25) is 0 Å². The molecule has 0 heterocycles. The second-order valence-electron chi connectivity index (χ2n) is 21.9. The van der Waals surface area contributed by atoms with Gasteiger partial charge in [0.1, 0.15) is 0 Å². The molecule has 0 radical (unpaired) electrons. The van der Waals surface area contributed by atoms with E-state index in [1.807, 2.05) is 13.8 Å². The van der Waals surface area contributed by atoms with E-state index in [2.05, 4.69) is 83.1 Å². The van der Waals surface area contributed by atoms with Crippen molar-refractivity contribution < 1.29 is 8.78 Å². The second kappa shape index (κ2) is 18.3. The lowest BCUT2D eigenvalue weighted by atomic mass is 9.41. The summed E-state index contributed by atoms with van der Waals surface area (Å²) >= 11 is 0. The van der Waals surface area contributed by atoms with E-state index in [0.29, 0.717) is 11.3 Å². The van der Waals surface area contributed by atoms with Gasteiger partial charge in [0, 0.05) is 12.8 Å². The minimum Gasteiger partial charge on any atom is -0.207 e. The van der Waals surface area contributed by atoms with E-state index in [0.717, 1.165) is 76.4 Å². The van der Waals surface area contributed by atoms with E-state index < -0.39 is 5.92 Å². The molecule has 9 aliphatic rings. The molecule has 9 saturated carbocycles. The number of hydrogen-bond acceptors (Lipinski definition) is 0.